The smallest absolute Gasteiger partial charge is 0.425 e. The van der Waals surface area contributed by atoms with E-state index in [-0.39, 0.29) is 0 Å². The molecule has 0 amide bonds. The van der Waals surface area contributed by atoms with E-state index in [0.717, 1.165) is 30.3 Å². The van der Waals surface area contributed by atoms with Gasteiger partial charge in [-0.1, -0.05) is 24.3 Å². The first-order valence-electron chi connectivity index (χ1n) is 5.98. The average molecular weight is 300 g/mol. The first-order valence-corrected chi connectivity index (χ1v) is 5.98. The third-order valence-corrected chi connectivity index (χ3v) is 3.16. The van der Waals surface area contributed by atoms with Crippen LogP contribution < -0.4 is 4.74 Å². The van der Waals surface area contributed by atoms with E-state index >= 15 is 0 Å². The molecule has 2 aromatic carbocycles. The van der Waals surface area contributed by atoms with E-state index in [1.807, 2.05) is 0 Å². The molecule has 2 rings (SSSR count). The van der Waals surface area contributed by atoms with Crippen LogP contribution in [0.25, 0.3) is 0 Å². The van der Waals surface area contributed by atoms with Gasteiger partial charge in [0.05, 0.1) is 7.11 Å². The first kappa shape index (κ1) is 15.3. The number of methoxy groups -OCH3 is 1. The van der Waals surface area contributed by atoms with Crippen LogP contribution in [0.3, 0.4) is 0 Å². The van der Waals surface area contributed by atoms with Crippen molar-refractivity contribution >= 4 is 0 Å². The Bertz CT molecular complexity index is 622. The SMILES string of the molecule is COc1ccc(C(O)(c2cccc(F)c2)C(F)(F)F)cc1. The predicted molar refractivity (Wildman–Crippen MR) is 68.4 cm³/mol. The zero-order chi connectivity index (χ0) is 15.7. The molecular formula is C15H12F4O2. The number of alkyl halides is 3. The lowest BCUT2D eigenvalue weighted by atomic mass is 9.85. The molecule has 2 nitrogen and oxygen atoms in total. The fourth-order valence-electron chi connectivity index (χ4n) is 2.04. The quantitative estimate of drug-likeness (QED) is 0.877. The summed E-state index contributed by atoms with van der Waals surface area (Å²) in [6.45, 7) is 0. The van der Waals surface area contributed by atoms with Gasteiger partial charge in [0, 0.05) is 5.56 Å². The van der Waals surface area contributed by atoms with Crippen molar-refractivity contribution in [3.05, 3.63) is 65.5 Å². The highest BCUT2D eigenvalue weighted by molar-refractivity contribution is 5.40. The standard InChI is InChI=1S/C15H12F4O2/c1-21-13-7-5-10(6-8-13)14(20,15(17,18)19)11-3-2-4-12(16)9-11/h2-9,20H,1H3. The molecule has 0 saturated heterocycles. The summed E-state index contributed by atoms with van der Waals surface area (Å²) in [5.41, 5.74) is -4.29. The minimum atomic E-state index is -5.00. The highest BCUT2D eigenvalue weighted by Crippen LogP contribution is 2.44. The van der Waals surface area contributed by atoms with Gasteiger partial charge in [0.15, 0.2) is 0 Å². The Kier molecular flexibility index (Phi) is 3.91. The first-order chi connectivity index (χ1) is 9.79. The summed E-state index contributed by atoms with van der Waals surface area (Å²) in [5, 5.41) is 10.2. The molecule has 112 valence electrons. The van der Waals surface area contributed by atoms with E-state index in [0.29, 0.717) is 11.8 Å². The second-order valence-corrected chi connectivity index (χ2v) is 4.45. The summed E-state index contributed by atoms with van der Waals surface area (Å²) in [6, 6.07) is 8.60. The van der Waals surface area contributed by atoms with Crippen LogP contribution in [0.2, 0.25) is 0 Å². The molecule has 2 aromatic rings. The summed E-state index contributed by atoms with van der Waals surface area (Å²) in [5.74, 6) is -0.508. The lowest BCUT2D eigenvalue weighted by molar-refractivity contribution is -0.248. The van der Waals surface area contributed by atoms with Gasteiger partial charge in [-0.05, 0) is 29.8 Å². The molecule has 21 heavy (non-hydrogen) atoms. The van der Waals surface area contributed by atoms with Gasteiger partial charge in [-0.15, -0.1) is 0 Å². The maximum atomic E-state index is 13.4. The molecule has 1 atom stereocenters. The lowest BCUT2D eigenvalue weighted by Gasteiger charge is -2.31. The minimum Gasteiger partial charge on any atom is -0.497 e. The fourth-order valence-corrected chi connectivity index (χ4v) is 2.04. The molecule has 0 spiro atoms. The van der Waals surface area contributed by atoms with Gasteiger partial charge in [-0.2, -0.15) is 13.2 Å². The number of ether oxygens (including phenoxy) is 1. The van der Waals surface area contributed by atoms with E-state index in [4.69, 9.17) is 4.74 Å². The summed E-state index contributed by atoms with van der Waals surface area (Å²) >= 11 is 0. The zero-order valence-electron chi connectivity index (χ0n) is 11.0. The van der Waals surface area contributed by atoms with Crippen molar-refractivity contribution < 1.29 is 27.4 Å². The topological polar surface area (TPSA) is 29.5 Å². The highest BCUT2D eigenvalue weighted by Gasteiger charge is 2.56. The van der Waals surface area contributed by atoms with Crippen LogP contribution in [-0.4, -0.2) is 18.4 Å². The molecule has 0 fully saturated rings. The van der Waals surface area contributed by atoms with Crippen molar-refractivity contribution in [1.29, 1.82) is 0 Å². The fraction of sp³-hybridized carbons (Fsp3) is 0.200. The normalized spacial score (nSPS) is 14.6. The Balaban J connectivity index is 2.61. The van der Waals surface area contributed by atoms with Crippen molar-refractivity contribution in [2.75, 3.05) is 7.11 Å². The van der Waals surface area contributed by atoms with Gasteiger partial charge >= 0.3 is 6.18 Å². The van der Waals surface area contributed by atoms with Crippen LogP contribution in [0.1, 0.15) is 11.1 Å². The van der Waals surface area contributed by atoms with E-state index in [1.54, 1.807) is 0 Å². The van der Waals surface area contributed by atoms with E-state index in [1.165, 1.54) is 19.2 Å². The van der Waals surface area contributed by atoms with Gasteiger partial charge in [0.1, 0.15) is 11.6 Å². The second-order valence-electron chi connectivity index (χ2n) is 4.45. The second kappa shape index (κ2) is 5.37. The Morgan fingerprint density at radius 3 is 2.05 bits per heavy atom. The van der Waals surface area contributed by atoms with Crippen molar-refractivity contribution in [2.45, 2.75) is 11.8 Å². The third kappa shape index (κ3) is 2.71. The Labute approximate surface area is 118 Å². The van der Waals surface area contributed by atoms with Crippen LogP contribution >= 0.6 is 0 Å². The minimum absolute atomic E-state index is 0.350. The van der Waals surface area contributed by atoms with Crippen LogP contribution in [0.15, 0.2) is 48.5 Å². The molecule has 6 heteroatoms. The van der Waals surface area contributed by atoms with Gasteiger partial charge in [-0.3, -0.25) is 0 Å². The van der Waals surface area contributed by atoms with Gasteiger partial charge in [0.25, 0.3) is 0 Å². The zero-order valence-corrected chi connectivity index (χ0v) is 11.0. The van der Waals surface area contributed by atoms with Gasteiger partial charge in [0.2, 0.25) is 5.60 Å². The summed E-state index contributed by atoms with van der Waals surface area (Å²) in [4.78, 5) is 0. The lowest BCUT2D eigenvalue weighted by Crippen LogP contribution is -2.43. The van der Waals surface area contributed by atoms with Gasteiger partial charge in [-0.25, -0.2) is 4.39 Å². The molecule has 1 N–H and O–H groups in total. The molecule has 0 aliphatic carbocycles. The maximum Gasteiger partial charge on any atom is 0.425 e. The van der Waals surface area contributed by atoms with Crippen LogP contribution in [0, 0.1) is 5.82 Å². The van der Waals surface area contributed by atoms with Crippen LogP contribution in [-0.2, 0) is 5.60 Å². The van der Waals surface area contributed by atoms with Crippen molar-refractivity contribution in [3.63, 3.8) is 0 Å². The van der Waals surface area contributed by atoms with Crippen molar-refractivity contribution in [2.24, 2.45) is 0 Å². The monoisotopic (exact) mass is 300 g/mol. The molecule has 0 aliphatic rings. The van der Waals surface area contributed by atoms with Crippen LogP contribution in [0.5, 0.6) is 5.75 Å². The molecule has 0 radical (unpaired) electrons. The number of hydrogen-bond donors (Lipinski definition) is 1. The number of halogens is 4. The van der Waals surface area contributed by atoms with E-state index in [9.17, 15) is 22.7 Å². The molecule has 0 aromatic heterocycles. The molecule has 0 heterocycles. The Hall–Kier alpha value is -2.08. The summed E-state index contributed by atoms with van der Waals surface area (Å²) in [7, 11) is 1.37. The van der Waals surface area contributed by atoms with E-state index < -0.39 is 28.7 Å². The highest BCUT2D eigenvalue weighted by atomic mass is 19.4. The summed E-state index contributed by atoms with van der Waals surface area (Å²) in [6.07, 6.45) is -5.00. The van der Waals surface area contributed by atoms with Crippen molar-refractivity contribution in [3.8, 4) is 5.75 Å². The van der Waals surface area contributed by atoms with Crippen LogP contribution in [0.4, 0.5) is 17.6 Å². The molecule has 0 saturated carbocycles. The van der Waals surface area contributed by atoms with E-state index in [2.05, 4.69) is 0 Å². The Morgan fingerprint density at radius 1 is 0.952 bits per heavy atom. The molecular weight excluding hydrogens is 288 g/mol. The number of rotatable bonds is 3. The van der Waals surface area contributed by atoms with Gasteiger partial charge < -0.3 is 9.84 Å². The molecule has 1 unspecified atom stereocenters. The number of benzene rings is 2. The third-order valence-electron chi connectivity index (χ3n) is 3.16. The summed E-state index contributed by atoms with van der Waals surface area (Å²) < 4.78 is 58.2. The Morgan fingerprint density at radius 2 is 1.57 bits per heavy atom. The largest absolute Gasteiger partial charge is 0.497 e. The molecule has 0 aliphatic heterocycles. The maximum absolute atomic E-state index is 13.4. The number of aliphatic hydroxyl groups is 1. The van der Waals surface area contributed by atoms with Crippen molar-refractivity contribution in [1.82, 2.24) is 0 Å². The average Bonchev–Trinajstić information content (AvgIpc) is 2.45. The molecule has 0 bridgehead atoms. The number of hydrogen-bond acceptors (Lipinski definition) is 2. The predicted octanol–water partition coefficient (Wildman–Crippen LogP) is 3.63.